The first-order valence-electron chi connectivity index (χ1n) is 8.71. The fourth-order valence-electron chi connectivity index (χ4n) is 3.95. The van der Waals surface area contributed by atoms with Crippen LogP contribution in [0.3, 0.4) is 0 Å². The second-order valence-electron chi connectivity index (χ2n) is 6.90. The molecule has 5 nitrogen and oxygen atoms in total. The topological polar surface area (TPSA) is 58.5 Å². The second-order valence-corrected chi connectivity index (χ2v) is 7.27. The van der Waals surface area contributed by atoms with Gasteiger partial charge in [0.25, 0.3) is 10.7 Å². The van der Waals surface area contributed by atoms with Crippen molar-refractivity contribution in [2.45, 2.75) is 44.1 Å². The molecule has 1 saturated heterocycles. The van der Waals surface area contributed by atoms with Crippen molar-refractivity contribution < 1.29 is 13.9 Å². The van der Waals surface area contributed by atoms with E-state index in [-0.39, 0.29) is 11.5 Å². The molecule has 0 bridgehead atoms. The first-order chi connectivity index (χ1) is 11.7. The lowest BCUT2D eigenvalue weighted by Crippen LogP contribution is -2.53. The van der Waals surface area contributed by atoms with Crippen molar-refractivity contribution in [3.63, 3.8) is 0 Å². The number of morpholine rings is 1. The molecule has 0 radical (unpaired) electrons. The number of amides is 1. The van der Waals surface area contributed by atoms with Crippen LogP contribution >= 0.6 is 12.2 Å². The van der Waals surface area contributed by atoms with E-state index in [1.54, 1.807) is 6.07 Å². The SMILES string of the molecule is O=C(c1ccc2[nH]c(=S)oc2c1)N1CCOC2(CCCCCC2)C1. The molecular formula is C18H22N2O3S. The number of aromatic nitrogens is 1. The van der Waals surface area contributed by atoms with E-state index in [1.807, 2.05) is 17.0 Å². The molecule has 1 N–H and O–H groups in total. The average molecular weight is 346 g/mol. The number of hydrogen-bond acceptors (Lipinski definition) is 4. The fraction of sp³-hybridized carbons (Fsp3) is 0.556. The molecule has 2 aliphatic rings. The Morgan fingerprint density at radius 3 is 2.79 bits per heavy atom. The van der Waals surface area contributed by atoms with E-state index in [1.165, 1.54) is 25.7 Å². The van der Waals surface area contributed by atoms with E-state index in [4.69, 9.17) is 21.4 Å². The number of nitrogens with zero attached hydrogens (tertiary/aromatic N) is 1. The molecule has 1 aromatic heterocycles. The molecule has 1 aromatic carbocycles. The van der Waals surface area contributed by atoms with Gasteiger partial charge in [-0.25, -0.2) is 0 Å². The van der Waals surface area contributed by atoms with Crippen molar-refractivity contribution in [2.75, 3.05) is 19.7 Å². The Hall–Kier alpha value is -1.66. The van der Waals surface area contributed by atoms with Crippen molar-refractivity contribution in [3.8, 4) is 0 Å². The Kier molecular flexibility index (Phi) is 4.18. The van der Waals surface area contributed by atoms with Crippen molar-refractivity contribution in [1.29, 1.82) is 0 Å². The summed E-state index contributed by atoms with van der Waals surface area (Å²) in [5.41, 5.74) is 1.95. The van der Waals surface area contributed by atoms with Crippen LogP contribution in [0.25, 0.3) is 11.1 Å². The number of H-pyrrole nitrogens is 1. The van der Waals surface area contributed by atoms with Gasteiger partial charge in [0, 0.05) is 12.1 Å². The van der Waals surface area contributed by atoms with Crippen LogP contribution in [0, 0.1) is 4.84 Å². The maximum Gasteiger partial charge on any atom is 0.266 e. The van der Waals surface area contributed by atoms with Gasteiger partial charge in [-0.3, -0.25) is 4.79 Å². The first kappa shape index (κ1) is 15.8. The smallest absolute Gasteiger partial charge is 0.266 e. The number of oxazole rings is 1. The van der Waals surface area contributed by atoms with Gasteiger partial charge in [0.05, 0.1) is 24.3 Å². The number of benzene rings is 1. The third kappa shape index (κ3) is 3.00. The maximum atomic E-state index is 13.0. The summed E-state index contributed by atoms with van der Waals surface area (Å²) in [4.78, 5) is 18.2. The van der Waals surface area contributed by atoms with E-state index in [9.17, 15) is 4.79 Å². The molecule has 1 spiro atoms. The normalized spacial score (nSPS) is 21.1. The monoisotopic (exact) mass is 346 g/mol. The molecule has 1 aliphatic heterocycles. The Bertz CT molecular complexity index is 802. The largest absolute Gasteiger partial charge is 0.429 e. The summed E-state index contributed by atoms with van der Waals surface area (Å²) < 4.78 is 11.6. The molecule has 2 fully saturated rings. The van der Waals surface area contributed by atoms with E-state index >= 15 is 0 Å². The van der Waals surface area contributed by atoms with Crippen molar-refractivity contribution >= 4 is 29.2 Å². The van der Waals surface area contributed by atoms with Crippen molar-refractivity contribution in [3.05, 3.63) is 28.6 Å². The molecule has 1 amide bonds. The molecule has 1 saturated carbocycles. The van der Waals surface area contributed by atoms with E-state index in [0.717, 1.165) is 18.4 Å². The van der Waals surface area contributed by atoms with Gasteiger partial charge in [-0.15, -0.1) is 0 Å². The van der Waals surface area contributed by atoms with Crippen LogP contribution in [-0.4, -0.2) is 41.1 Å². The number of carbonyl (C=O) groups is 1. The zero-order valence-corrected chi connectivity index (χ0v) is 14.5. The minimum atomic E-state index is -0.138. The molecule has 128 valence electrons. The summed E-state index contributed by atoms with van der Waals surface area (Å²) >= 11 is 5.01. The molecular weight excluding hydrogens is 324 g/mol. The molecule has 6 heteroatoms. The summed E-state index contributed by atoms with van der Waals surface area (Å²) in [5, 5.41) is 0. The maximum absolute atomic E-state index is 13.0. The predicted octanol–water partition coefficient (Wildman–Crippen LogP) is 4.06. The number of hydrogen-bond donors (Lipinski definition) is 1. The lowest BCUT2D eigenvalue weighted by Gasteiger charge is -2.42. The molecule has 2 heterocycles. The van der Waals surface area contributed by atoms with E-state index in [0.29, 0.717) is 35.7 Å². The van der Waals surface area contributed by atoms with E-state index < -0.39 is 0 Å². The van der Waals surface area contributed by atoms with Gasteiger partial charge < -0.3 is 19.0 Å². The van der Waals surface area contributed by atoms with Gasteiger partial charge in [-0.2, -0.15) is 0 Å². The quantitative estimate of drug-likeness (QED) is 0.791. The minimum absolute atomic E-state index is 0.0474. The molecule has 4 rings (SSSR count). The zero-order valence-electron chi connectivity index (χ0n) is 13.7. The number of fused-ring (bicyclic) bond motifs is 1. The summed E-state index contributed by atoms with van der Waals surface area (Å²) in [6, 6.07) is 5.46. The van der Waals surface area contributed by atoms with Crippen LogP contribution in [0.1, 0.15) is 48.9 Å². The van der Waals surface area contributed by atoms with Gasteiger partial charge in [-0.1, -0.05) is 25.7 Å². The molecule has 24 heavy (non-hydrogen) atoms. The number of carbonyl (C=O) groups excluding carboxylic acids is 1. The fourth-order valence-corrected chi connectivity index (χ4v) is 4.15. The zero-order chi connectivity index (χ0) is 16.6. The highest BCUT2D eigenvalue weighted by Crippen LogP contribution is 2.34. The Morgan fingerprint density at radius 1 is 1.21 bits per heavy atom. The van der Waals surface area contributed by atoms with Gasteiger partial charge in [-0.05, 0) is 43.3 Å². The highest BCUT2D eigenvalue weighted by Gasteiger charge is 2.38. The van der Waals surface area contributed by atoms with Crippen molar-refractivity contribution in [2.24, 2.45) is 0 Å². The van der Waals surface area contributed by atoms with Crippen LogP contribution in [0.4, 0.5) is 0 Å². The molecule has 0 unspecified atom stereocenters. The molecule has 0 atom stereocenters. The number of aromatic amines is 1. The second kappa shape index (κ2) is 6.33. The number of rotatable bonds is 1. The lowest BCUT2D eigenvalue weighted by molar-refractivity contribution is -0.107. The van der Waals surface area contributed by atoms with Crippen LogP contribution in [0.5, 0.6) is 0 Å². The highest BCUT2D eigenvalue weighted by molar-refractivity contribution is 7.71. The Balaban J connectivity index is 1.57. The minimum Gasteiger partial charge on any atom is -0.429 e. The van der Waals surface area contributed by atoms with Crippen LogP contribution in [0.15, 0.2) is 22.6 Å². The van der Waals surface area contributed by atoms with Gasteiger partial charge in [0.1, 0.15) is 0 Å². The summed E-state index contributed by atoms with van der Waals surface area (Å²) in [5.74, 6) is 0.0474. The van der Waals surface area contributed by atoms with Gasteiger partial charge in [0.15, 0.2) is 5.58 Å². The van der Waals surface area contributed by atoms with Crippen LogP contribution in [-0.2, 0) is 4.74 Å². The third-order valence-corrected chi connectivity index (χ3v) is 5.40. The van der Waals surface area contributed by atoms with Crippen LogP contribution in [0.2, 0.25) is 0 Å². The molecule has 1 aliphatic carbocycles. The predicted molar refractivity (Wildman–Crippen MR) is 93.7 cm³/mol. The number of nitrogens with one attached hydrogen (secondary N) is 1. The van der Waals surface area contributed by atoms with E-state index in [2.05, 4.69) is 4.98 Å². The van der Waals surface area contributed by atoms with Crippen molar-refractivity contribution in [1.82, 2.24) is 9.88 Å². The molecule has 2 aromatic rings. The highest BCUT2D eigenvalue weighted by atomic mass is 32.1. The van der Waals surface area contributed by atoms with Crippen LogP contribution < -0.4 is 0 Å². The first-order valence-corrected chi connectivity index (χ1v) is 9.12. The average Bonchev–Trinajstić information content (AvgIpc) is 2.82. The summed E-state index contributed by atoms with van der Waals surface area (Å²) in [6.45, 7) is 1.97. The lowest BCUT2D eigenvalue weighted by atomic mass is 9.92. The standard InChI is InChI=1S/C18H22N2O3S/c21-16(13-5-6-14-15(11-13)23-17(24)19-14)20-9-10-22-18(12-20)7-3-1-2-4-8-18/h5-6,11H,1-4,7-10,12H2,(H,19,24). The van der Waals surface area contributed by atoms with Gasteiger partial charge >= 0.3 is 0 Å². The Labute approximate surface area is 146 Å². The third-order valence-electron chi connectivity index (χ3n) is 5.22. The summed E-state index contributed by atoms with van der Waals surface area (Å²) in [7, 11) is 0. The van der Waals surface area contributed by atoms with Gasteiger partial charge in [0.2, 0.25) is 0 Å². The number of ether oxygens (including phenoxy) is 1. The summed E-state index contributed by atoms with van der Waals surface area (Å²) in [6.07, 6.45) is 7.04. The Morgan fingerprint density at radius 2 is 2.00 bits per heavy atom.